The van der Waals surface area contributed by atoms with Crippen LogP contribution in [0.1, 0.15) is 38.5 Å². The van der Waals surface area contributed by atoms with Gasteiger partial charge in [-0.2, -0.15) is 0 Å². The molecule has 0 radical (unpaired) electrons. The van der Waals surface area contributed by atoms with Crippen molar-refractivity contribution in [1.29, 1.82) is 0 Å². The summed E-state index contributed by atoms with van der Waals surface area (Å²) in [6.45, 7) is 1.17. The summed E-state index contributed by atoms with van der Waals surface area (Å²) in [5, 5.41) is 8.75. The smallest absolute Gasteiger partial charge is 0.0721 e. The Kier molecular flexibility index (Phi) is 4.75. The number of halogens is 2. The van der Waals surface area contributed by atoms with Crippen LogP contribution >= 0.6 is 23.2 Å². The zero-order chi connectivity index (χ0) is 13.9. The maximum Gasteiger partial charge on any atom is 0.0721 e. The number of anilines is 1. The molecule has 1 saturated carbocycles. The summed E-state index contributed by atoms with van der Waals surface area (Å²) in [7, 11) is 0. The Hall–Kier alpha value is -0.440. The van der Waals surface area contributed by atoms with Crippen molar-refractivity contribution in [2.45, 2.75) is 50.6 Å². The van der Waals surface area contributed by atoms with E-state index in [-0.39, 0.29) is 0 Å². The van der Waals surface area contributed by atoms with Gasteiger partial charge in [0.05, 0.1) is 15.7 Å². The Balaban J connectivity index is 1.76. The van der Waals surface area contributed by atoms with E-state index in [9.17, 15) is 0 Å². The molecule has 0 bridgehead atoms. The van der Waals surface area contributed by atoms with Gasteiger partial charge in [-0.1, -0.05) is 42.1 Å². The molecule has 2 fully saturated rings. The summed E-state index contributed by atoms with van der Waals surface area (Å²) in [5.74, 6) is 0.693. The van der Waals surface area contributed by atoms with E-state index >= 15 is 0 Å². The minimum absolute atomic E-state index is 0.483. The van der Waals surface area contributed by atoms with Crippen LogP contribution in [-0.4, -0.2) is 18.6 Å². The third kappa shape index (κ3) is 3.08. The van der Waals surface area contributed by atoms with Gasteiger partial charge >= 0.3 is 0 Å². The fourth-order valence-electron chi connectivity index (χ4n) is 3.72. The van der Waals surface area contributed by atoms with Gasteiger partial charge in [-0.25, -0.2) is 0 Å². The molecular weight excluding hydrogens is 291 g/mol. The average Bonchev–Trinajstić information content (AvgIpc) is 2.97. The van der Waals surface area contributed by atoms with Gasteiger partial charge < -0.3 is 10.6 Å². The molecule has 1 aliphatic carbocycles. The van der Waals surface area contributed by atoms with E-state index in [1.54, 1.807) is 0 Å². The Labute approximate surface area is 131 Å². The fourth-order valence-corrected chi connectivity index (χ4v) is 4.22. The maximum atomic E-state index is 6.29. The van der Waals surface area contributed by atoms with E-state index < -0.39 is 0 Å². The molecule has 3 rings (SSSR count). The molecule has 1 heterocycles. The summed E-state index contributed by atoms with van der Waals surface area (Å²) in [4.78, 5) is 0. The van der Waals surface area contributed by atoms with Crippen molar-refractivity contribution < 1.29 is 0 Å². The van der Waals surface area contributed by atoms with Crippen LogP contribution in [0.5, 0.6) is 0 Å². The monoisotopic (exact) mass is 312 g/mol. The predicted octanol–water partition coefficient (Wildman–Crippen LogP) is 4.72. The second kappa shape index (κ2) is 6.55. The number of hydrogen-bond donors (Lipinski definition) is 2. The second-order valence-corrected chi connectivity index (χ2v) is 6.81. The van der Waals surface area contributed by atoms with Crippen LogP contribution in [0.25, 0.3) is 0 Å². The highest BCUT2D eigenvalue weighted by Gasteiger charge is 2.33. The molecule has 2 N–H and O–H groups in total. The number of rotatable bonds is 3. The van der Waals surface area contributed by atoms with Gasteiger partial charge in [0.25, 0.3) is 0 Å². The first-order valence-electron chi connectivity index (χ1n) is 7.69. The number of benzene rings is 1. The predicted molar refractivity (Wildman–Crippen MR) is 86.9 cm³/mol. The van der Waals surface area contributed by atoms with Crippen molar-refractivity contribution in [1.82, 2.24) is 5.32 Å². The summed E-state index contributed by atoms with van der Waals surface area (Å²) < 4.78 is 0. The van der Waals surface area contributed by atoms with Crippen molar-refractivity contribution >= 4 is 28.9 Å². The van der Waals surface area contributed by atoms with Gasteiger partial charge in [0.15, 0.2) is 0 Å². The molecule has 20 heavy (non-hydrogen) atoms. The minimum Gasteiger partial charge on any atom is -0.380 e. The van der Waals surface area contributed by atoms with Gasteiger partial charge in [0.1, 0.15) is 0 Å². The van der Waals surface area contributed by atoms with Gasteiger partial charge in [0.2, 0.25) is 0 Å². The molecule has 1 aliphatic heterocycles. The first-order chi connectivity index (χ1) is 9.75. The number of hydrogen-bond acceptors (Lipinski definition) is 2. The summed E-state index contributed by atoms with van der Waals surface area (Å²) >= 11 is 12.6. The third-order valence-electron chi connectivity index (χ3n) is 4.73. The molecule has 2 aliphatic rings. The topological polar surface area (TPSA) is 24.1 Å². The normalized spacial score (nSPS) is 30.4. The van der Waals surface area contributed by atoms with Crippen molar-refractivity contribution in [3.05, 3.63) is 28.2 Å². The molecular formula is C16H22Cl2N2. The molecule has 4 heteroatoms. The van der Waals surface area contributed by atoms with Gasteiger partial charge in [-0.05, 0) is 50.3 Å². The fraction of sp³-hybridized carbons (Fsp3) is 0.625. The number of nitrogens with one attached hydrogen (secondary N) is 2. The molecule has 0 spiro atoms. The second-order valence-electron chi connectivity index (χ2n) is 6.00. The maximum absolute atomic E-state index is 6.29. The van der Waals surface area contributed by atoms with E-state index in [0.717, 1.165) is 15.7 Å². The van der Waals surface area contributed by atoms with Crippen LogP contribution in [0.3, 0.4) is 0 Å². The van der Waals surface area contributed by atoms with Crippen LogP contribution in [0.15, 0.2) is 18.2 Å². The molecule has 3 unspecified atom stereocenters. The van der Waals surface area contributed by atoms with Crippen LogP contribution in [0, 0.1) is 5.92 Å². The highest BCUT2D eigenvalue weighted by atomic mass is 35.5. The van der Waals surface area contributed by atoms with E-state index in [2.05, 4.69) is 10.6 Å². The summed E-state index contributed by atoms with van der Waals surface area (Å²) in [5.41, 5.74) is 0.908. The zero-order valence-corrected chi connectivity index (χ0v) is 13.2. The standard InChI is InChI=1S/C16H22Cl2N2/c17-12-6-3-7-13(18)16(12)20-15-8-2-1-5-11(15)14-9-4-10-19-14/h3,6-7,11,14-15,19-20H,1-2,4-5,8-10H2. The van der Waals surface area contributed by atoms with Crippen LogP contribution in [-0.2, 0) is 0 Å². The Morgan fingerprint density at radius 2 is 1.75 bits per heavy atom. The van der Waals surface area contributed by atoms with E-state index in [4.69, 9.17) is 23.2 Å². The van der Waals surface area contributed by atoms with Crippen LogP contribution < -0.4 is 10.6 Å². The Morgan fingerprint density at radius 3 is 2.45 bits per heavy atom. The zero-order valence-electron chi connectivity index (χ0n) is 11.7. The molecule has 1 aromatic rings. The third-order valence-corrected chi connectivity index (χ3v) is 5.36. The van der Waals surface area contributed by atoms with Gasteiger partial charge in [-0.3, -0.25) is 0 Å². The largest absolute Gasteiger partial charge is 0.380 e. The van der Waals surface area contributed by atoms with Gasteiger partial charge in [-0.15, -0.1) is 0 Å². The van der Waals surface area contributed by atoms with Gasteiger partial charge in [0, 0.05) is 12.1 Å². The van der Waals surface area contributed by atoms with Crippen molar-refractivity contribution in [2.75, 3.05) is 11.9 Å². The molecule has 1 saturated heterocycles. The molecule has 0 amide bonds. The minimum atomic E-state index is 0.483. The molecule has 2 nitrogen and oxygen atoms in total. The van der Waals surface area contributed by atoms with Crippen LogP contribution in [0.4, 0.5) is 5.69 Å². The molecule has 1 aromatic carbocycles. The lowest BCUT2D eigenvalue weighted by molar-refractivity contribution is 0.263. The van der Waals surface area contributed by atoms with Crippen LogP contribution in [0.2, 0.25) is 10.0 Å². The lowest BCUT2D eigenvalue weighted by Gasteiger charge is -2.37. The van der Waals surface area contributed by atoms with Crippen molar-refractivity contribution in [3.8, 4) is 0 Å². The summed E-state index contributed by atoms with van der Waals surface area (Å²) in [6.07, 6.45) is 7.77. The first kappa shape index (κ1) is 14.5. The SMILES string of the molecule is Clc1cccc(Cl)c1NC1CCCCC1C1CCCN1. The lowest BCUT2D eigenvalue weighted by atomic mass is 9.79. The lowest BCUT2D eigenvalue weighted by Crippen LogP contribution is -2.43. The summed E-state index contributed by atoms with van der Waals surface area (Å²) in [6, 6.07) is 6.85. The quantitative estimate of drug-likeness (QED) is 0.844. The number of para-hydroxylation sites is 1. The van der Waals surface area contributed by atoms with Crippen molar-refractivity contribution in [3.63, 3.8) is 0 Å². The molecule has 110 valence electrons. The Bertz CT molecular complexity index is 438. The highest BCUT2D eigenvalue weighted by Crippen LogP contribution is 2.36. The van der Waals surface area contributed by atoms with E-state index in [0.29, 0.717) is 18.0 Å². The molecule has 0 aromatic heterocycles. The average molecular weight is 313 g/mol. The van der Waals surface area contributed by atoms with Crippen molar-refractivity contribution in [2.24, 2.45) is 5.92 Å². The Morgan fingerprint density at radius 1 is 1.00 bits per heavy atom. The van der Waals surface area contributed by atoms with E-state index in [1.807, 2.05) is 18.2 Å². The first-order valence-corrected chi connectivity index (χ1v) is 8.45. The van der Waals surface area contributed by atoms with E-state index in [1.165, 1.54) is 45.1 Å². The molecule has 3 atom stereocenters. The highest BCUT2D eigenvalue weighted by molar-refractivity contribution is 6.39.